The fourth-order valence-corrected chi connectivity index (χ4v) is 3.82. The summed E-state index contributed by atoms with van der Waals surface area (Å²) in [5.74, 6) is 0.357. The number of hydrogen-bond donors (Lipinski definition) is 1. The maximum absolute atomic E-state index is 11.4. The minimum Gasteiger partial charge on any atom is -0.479 e. The lowest BCUT2D eigenvalue weighted by atomic mass is 10.1. The van der Waals surface area contributed by atoms with Gasteiger partial charge in [-0.05, 0) is 61.2 Å². The molecule has 0 saturated heterocycles. The second-order valence-electron chi connectivity index (χ2n) is 7.36. The molecule has 2 aromatic carbocycles. The van der Waals surface area contributed by atoms with E-state index in [9.17, 15) is 9.90 Å². The molecule has 4 aromatic rings. The average molecular weight is 439 g/mol. The number of ether oxygens (including phenoxy) is 1. The Morgan fingerprint density at radius 1 is 1.26 bits per heavy atom. The van der Waals surface area contributed by atoms with Crippen molar-refractivity contribution in [3.8, 4) is 11.5 Å². The molecule has 0 bridgehead atoms. The van der Waals surface area contributed by atoms with Gasteiger partial charge >= 0.3 is 5.97 Å². The molecule has 0 radical (unpaired) electrons. The smallest absolute Gasteiger partial charge is 0.333 e. The Balaban J connectivity index is 1.57. The molecule has 7 heteroatoms. The number of carboxylic acid groups (broad SMARTS) is 1. The number of rotatable bonds is 8. The minimum absolute atomic E-state index is 0.329. The molecule has 1 atom stereocenters. The number of aromatic nitrogens is 2. The number of benzene rings is 2. The third kappa shape index (κ3) is 4.65. The normalized spacial score (nSPS) is 12.4. The summed E-state index contributed by atoms with van der Waals surface area (Å²) in [6.07, 6.45) is 1.49. The predicted molar refractivity (Wildman–Crippen MR) is 119 cm³/mol. The van der Waals surface area contributed by atoms with E-state index in [2.05, 4.69) is 9.55 Å². The predicted octanol–water partition coefficient (Wildman–Crippen LogP) is 5.34. The number of fused-ring (bicyclic) bond motifs is 1. The van der Waals surface area contributed by atoms with Crippen LogP contribution >= 0.6 is 11.6 Å². The van der Waals surface area contributed by atoms with Crippen molar-refractivity contribution in [2.45, 2.75) is 32.9 Å². The van der Waals surface area contributed by atoms with Crippen molar-refractivity contribution >= 4 is 28.5 Å². The van der Waals surface area contributed by atoms with Crippen molar-refractivity contribution in [1.29, 1.82) is 0 Å². The molecule has 0 aliphatic rings. The standard InChI is InChI=1S/C24H23ClN2O4/c1-3-30-22(24(28)29)12-16-7-8-21-17(11-16)9-10-27(21)14-20-15(2)31-23(26-20)18-5-4-6-19(25)13-18/h4-11,13,22H,3,12,14H2,1-2H3,(H,28,29). The van der Waals surface area contributed by atoms with Gasteiger partial charge in [0.1, 0.15) is 11.5 Å². The molecule has 0 spiro atoms. The van der Waals surface area contributed by atoms with Crippen molar-refractivity contribution in [3.63, 3.8) is 0 Å². The van der Waals surface area contributed by atoms with Crippen LogP contribution in [0.25, 0.3) is 22.4 Å². The molecule has 6 nitrogen and oxygen atoms in total. The van der Waals surface area contributed by atoms with Gasteiger partial charge in [-0.15, -0.1) is 0 Å². The fourth-order valence-electron chi connectivity index (χ4n) is 3.63. The zero-order valence-corrected chi connectivity index (χ0v) is 18.1. The van der Waals surface area contributed by atoms with Crippen LogP contribution in [0, 0.1) is 6.92 Å². The molecule has 1 N–H and O–H groups in total. The van der Waals surface area contributed by atoms with E-state index in [1.807, 2.05) is 61.7 Å². The SMILES string of the molecule is CCOC(Cc1ccc2c(ccn2Cc2nc(-c3cccc(Cl)c3)oc2C)c1)C(=O)O. The van der Waals surface area contributed by atoms with Gasteiger partial charge in [0.2, 0.25) is 5.89 Å². The second kappa shape index (κ2) is 8.96. The Hall–Kier alpha value is -3.09. The maximum Gasteiger partial charge on any atom is 0.333 e. The summed E-state index contributed by atoms with van der Waals surface area (Å²) >= 11 is 6.09. The van der Waals surface area contributed by atoms with Gasteiger partial charge in [0.05, 0.1) is 6.54 Å². The Bertz CT molecular complexity index is 1230. The van der Waals surface area contributed by atoms with Crippen LogP contribution in [0.2, 0.25) is 5.02 Å². The molecule has 31 heavy (non-hydrogen) atoms. The van der Waals surface area contributed by atoms with Crippen LogP contribution in [0.1, 0.15) is 23.9 Å². The number of aryl methyl sites for hydroxylation is 1. The molecule has 1 unspecified atom stereocenters. The lowest BCUT2D eigenvalue weighted by molar-refractivity contribution is -0.149. The number of hydrogen-bond acceptors (Lipinski definition) is 4. The average Bonchev–Trinajstić information content (AvgIpc) is 3.31. The van der Waals surface area contributed by atoms with Crippen molar-refractivity contribution in [1.82, 2.24) is 9.55 Å². The molecule has 0 amide bonds. The second-order valence-corrected chi connectivity index (χ2v) is 7.79. The van der Waals surface area contributed by atoms with E-state index >= 15 is 0 Å². The van der Waals surface area contributed by atoms with Crippen molar-refractivity contribution in [2.75, 3.05) is 6.61 Å². The van der Waals surface area contributed by atoms with E-state index in [-0.39, 0.29) is 0 Å². The molecule has 0 aliphatic heterocycles. The van der Waals surface area contributed by atoms with Gasteiger partial charge in [-0.25, -0.2) is 9.78 Å². The van der Waals surface area contributed by atoms with Gasteiger partial charge < -0.3 is 18.8 Å². The number of oxazole rings is 1. The number of carbonyl (C=O) groups is 1. The molecule has 160 valence electrons. The van der Waals surface area contributed by atoms with Crippen LogP contribution < -0.4 is 0 Å². The van der Waals surface area contributed by atoms with Crippen LogP contribution in [0.4, 0.5) is 0 Å². The highest BCUT2D eigenvalue weighted by molar-refractivity contribution is 6.30. The molecule has 0 aliphatic carbocycles. The zero-order chi connectivity index (χ0) is 22.0. The Morgan fingerprint density at radius 3 is 2.84 bits per heavy atom. The molecule has 0 fully saturated rings. The first kappa shape index (κ1) is 21.2. The Labute approximate surface area is 185 Å². The van der Waals surface area contributed by atoms with Crippen LogP contribution in [0.15, 0.2) is 59.1 Å². The van der Waals surface area contributed by atoms with Crippen LogP contribution in [-0.4, -0.2) is 33.3 Å². The zero-order valence-electron chi connectivity index (χ0n) is 17.3. The minimum atomic E-state index is -0.948. The summed E-state index contributed by atoms with van der Waals surface area (Å²) < 4.78 is 13.3. The van der Waals surface area contributed by atoms with Gasteiger partial charge in [-0.1, -0.05) is 23.7 Å². The summed E-state index contributed by atoms with van der Waals surface area (Å²) in [7, 11) is 0. The van der Waals surface area contributed by atoms with E-state index in [1.165, 1.54) is 0 Å². The summed E-state index contributed by atoms with van der Waals surface area (Å²) in [6, 6.07) is 15.4. The van der Waals surface area contributed by atoms with Crippen molar-refractivity contribution in [2.24, 2.45) is 0 Å². The number of aliphatic carboxylic acids is 1. The highest BCUT2D eigenvalue weighted by Crippen LogP contribution is 2.26. The van der Waals surface area contributed by atoms with Gasteiger partial charge in [-0.2, -0.15) is 0 Å². The van der Waals surface area contributed by atoms with E-state index in [4.69, 9.17) is 20.8 Å². The summed E-state index contributed by atoms with van der Waals surface area (Å²) in [5.41, 5.74) is 3.65. The lowest BCUT2D eigenvalue weighted by Gasteiger charge is -2.12. The molecule has 4 rings (SSSR count). The first-order chi connectivity index (χ1) is 14.9. The first-order valence-electron chi connectivity index (χ1n) is 10.1. The van der Waals surface area contributed by atoms with Gasteiger partial charge in [0, 0.05) is 35.3 Å². The summed E-state index contributed by atoms with van der Waals surface area (Å²) in [5, 5.41) is 11.0. The number of carboxylic acids is 1. The van der Waals surface area contributed by atoms with E-state index in [1.54, 1.807) is 6.92 Å². The maximum atomic E-state index is 11.4. The van der Waals surface area contributed by atoms with Crippen molar-refractivity contribution in [3.05, 3.63) is 76.8 Å². The van der Waals surface area contributed by atoms with Crippen molar-refractivity contribution < 1.29 is 19.1 Å². The van der Waals surface area contributed by atoms with E-state index < -0.39 is 12.1 Å². The van der Waals surface area contributed by atoms with Gasteiger partial charge in [-0.3, -0.25) is 0 Å². The monoisotopic (exact) mass is 438 g/mol. The van der Waals surface area contributed by atoms with Crippen LogP contribution in [0.3, 0.4) is 0 Å². The third-order valence-corrected chi connectivity index (χ3v) is 5.42. The topological polar surface area (TPSA) is 77.5 Å². The molecule has 2 heterocycles. The largest absolute Gasteiger partial charge is 0.479 e. The quantitative estimate of drug-likeness (QED) is 0.402. The molecule has 0 saturated carbocycles. The first-order valence-corrected chi connectivity index (χ1v) is 10.5. The highest BCUT2D eigenvalue weighted by Gasteiger charge is 2.18. The summed E-state index contributed by atoms with van der Waals surface area (Å²) in [4.78, 5) is 16.0. The summed E-state index contributed by atoms with van der Waals surface area (Å²) in [6.45, 7) is 4.63. The Kier molecular flexibility index (Phi) is 6.11. The van der Waals surface area contributed by atoms with Crippen LogP contribution in [-0.2, 0) is 22.5 Å². The molecule has 2 aromatic heterocycles. The fraction of sp³-hybridized carbons (Fsp3) is 0.250. The van der Waals surface area contributed by atoms with E-state index in [0.717, 1.165) is 33.5 Å². The number of halogens is 1. The third-order valence-electron chi connectivity index (χ3n) is 5.18. The molecular weight excluding hydrogens is 416 g/mol. The van der Waals surface area contributed by atoms with Crippen LogP contribution in [0.5, 0.6) is 0 Å². The Morgan fingerprint density at radius 2 is 2.10 bits per heavy atom. The lowest BCUT2D eigenvalue weighted by Crippen LogP contribution is -2.26. The number of nitrogens with zero attached hydrogens (tertiary/aromatic N) is 2. The van der Waals surface area contributed by atoms with Gasteiger partial charge in [0.15, 0.2) is 6.10 Å². The highest BCUT2D eigenvalue weighted by atomic mass is 35.5. The van der Waals surface area contributed by atoms with E-state index in [0.29, 0.717) is 30.5 Å². The van der Waals surface area contributed by atoms with Gasteiger partial charge in [0.25, 0.3) is 0 Å². The molecular formula is C24H23ClN2O4.